The number of carbonyl (C=O) groups excluding carboxylic acids is 4. The lowest BCUT2D eigenvalue weighted by atomic mass is 10.3. The highest BCUT2D eigenvalue weighted by Gasteiger charge is 2.15. The topological polar surface area (TPSA) is 134 Å². The number of methoxy groups -OCH3 is 2. The summed E-state index contributed by atoms with van der Waals surface area (Å²) in [5.74, 6) is -0.911. The first kappa shape index (κ1) is 28.2. The van der Waals surface area contributed by atoms with Gasteiger partial charge in [-0.2, -0.15) is 0 Å². The Bertz CT molecular complexity index is 993. The molecule has 0 aromatic carbocycles. The molecule has 13 heteroatoms. The van der Waals surface area contributed by atoms with Gasteiger partial charge in [0, 0.05) is 13.1 Å². The number of ether oxygens (including phenoxy) is 4. The summed E-state index contributed by atoms with van der Waals surface area (Å²) in [5.41, 5.74) is 0.276. The molecule has 2 aromatic heterocycles. The highest BCUT2D eigenvalue weighted by molar-refractivity contribution is 9.10. The number of halogens is 2. The second-order valence-corrected chi connectivity index (χ2v) is 8.30. The molecule has 11 nitrogen and oxygen atoms in total. The summed E-state index contributed by atoms with van der Waals surface area (Å²) in [4.78, 5) is 55.5. The second kappa shape index (κ2) is 14.4. The number of hydrogen-bond donors (Lipinski definition) is 0. The number of pyridine rings is 2. The van der Waals surface area contributed by atoms with Crippen molar-refractivity contribution >= 4 is 56.0 Å². The molecule has 0 aliphatic rings. The van der Waals surface area contributed by atoms with Crippen LogP contribution in [0.25, 0.3) is 0 Å². The fraction of sp³-hybridized carbons (Fsp3) is 0.364. The van der Waals surface area contributed by atoms with Crippen molar-refractivity contribution in [1.82, 2.24) is 14.9 Å². The first-order chi connectivity index (χ1) is 16.8. The third kappa shape index (κ3) is 8.58. The van der Waals surface area contributed by atoms with E-state index in [9.17, 15) is 19.2 Å². The number of esters is 2. The number of amides is 1. The van der Waals surface area contributed by atoms with E-state index in [2.05, 4.69) is 51.3 Å². The van der Waals surface area contributed by atoms with Crippen LogP contribution in [0, 0.1) is 0 Å². The maximum Gasteiger partial charge on any atom is 0.356 e. The van der Waals surface area contributed by atoms with Gasteiger partial charge in [-0.3, -0.25) is 9.59 Å². The van der Waals surface area contributed by atoms with Gasteiger partial charge in [0.25, 0.3) is 5.91 Å². The van der Waals surface area contributed by atoms with Crippen LogP contribution in [0.15, 0.2) is 33.5 Å². The smallest absolute Gasteiger partial charge is 0.356 e. The summed E-state index contributed by atoms with van der Waals surface area (Å²) in [6, 6.07) is 6.12. The van der Waals surface area contributed by atoms with E-state index in [4.69, 9.17) is 9.47 Å². The number of aldehydes is 1. The molecule has 0 saturated heterocycles. The van der Waals surface area contributed by atoms with E-state index in [1.165, 1.54) is 31.3 Å². The van der Waals surface area contributed by atoms with E-state index < -0.39 is 17.8 Å². The Morgan fingerprint density at radius 3 is 1.60 bits per heavy atom. The largest absolute Gasteiger partial charge is 0.491 e. The van der Waals surface area contributed by atoms with Crippen molar-refractivity contribution in [2.75, 3.05) is 40.5 Å². The van der Waals surface area contributed by atoms with Crippen LogP contribution in [0.5, 0.6) is 11.5 Å². The maximum atomic E-state index is 12.0. The molecular weight excluding hydrogens is 594 g/mol. The van der Waals surface area contributed by atoms with Gasteiger partial charge in [0.15, 0.2) is 11.5 Å². The van der Waals surface area contributed by atoms with Crippen LogP contribution < -0.4 is 9.47 Å². The van der Waals surface area contributed by atoms with Gasteiger partial charge in [0.05, 0.1) is 27.4 Å². The lowest BCUT2D eigenvalue weighted by molar-refractivity contribution is -0.139. The van der Waals surface area contributed by atoms with Crippen molar-refractivity contribution in [3.63, 3.8) is 0 Å². The zero-order chi connectivity index (χ0) is 25.8. The molecule has 2 aromatic rings. The van der Waals surface area contributed by atoms with Crippen molar-refractivity contribution in [3.05, 3.63) is 44.9 Å². The predicted molar refractivity (Wildman–Crippen MR) is 129 cm³/mol. The second-order valence-electron chi connectivity index (χ2n) is 6.80. The molecule has 0 saturated carbocycles. The Morgan fingerprint density at radius 1 is 0.829 bits per heavy atom. The van der Waals surface area contributed by atoms with Gasteiger partial charge in [0.2, 0.25) is 6.29 Å². The third-order valence-electron chi connectivity index (χ3n) is 4.49. The quantitative estimate of drug-likeness (QED) is 0.109. The lowest BCUT2D eigenvalue weighted by Crippen LogP contribution is -2.35. The van der Waals surface area contributed by atoms with Crippen molar-refractivity contribution < 1.29 is 38.1 Å². The molecule has 35 heavy (non-hydrogen) atoms. The number of nitrogens with zero attached hydrogens (tertiary/aromatic N) is 3. The molecule has 0 fully saturated rings. The van der Waals surface area contributed by atoms with Gasteiger partial charge in [-0.05, 0) is 69.0 Å². The SMILES string of the molecule is COC(=O)c1ccc(OCCCN(CCCOc2ccc(C(=O)OC)nc2Br)C(=O)C=O)c(Br)n1. The number of hydrogen-bond acceptors (Lipinski definition) is 10. The molecule has 0 radical (unpaired) electrons. The minimum atomic E-state index is -0.638. The van der Waals surface area contributed by atoms with Gasteiger partial charge in [0.1, 0.15) is 20.6 Å². The van der Waals surface area contributed by atoms with Crippen LogP contribution in [0.4, 0.5) is 0 Å². The van der Waals surface area contributed by atoms with Crippen molar-refractivity contribution in [1.29, 1.82) is 0 Å². The fourth-order valence-corrected chi connectivity index (χ4v) is 3.65. The zero-order valence-corrected chi connectivity index (χ0v) is 22.2. The Labute approximate surface area is 218 Å². The highest BCUT2D eigenvalue weighted by atomic mass is 79.9. The Kier molecular flexibility index (Phi) is 11.6. The molecule has 0 atom stereocenters. The summed E-state index contributed by atoms with van der Waals surface area (Å²) >= 11 is 6.48. The average Bonchev–Trinajstić information content (AvgIpc) is 2.87. The van der Waals surface area contributed by atoms with E-state index in [-0.39, 0.29) is 30.9 Å². The van der Waals surface area contributed by atoms with E-state index in [1.807, 2.05) is 0 Å². The first-order valence-corrected chi connectivity index (χ1v) is 11.9. The van der Waals surface area contributed by atoms with Crippen LogP contribution in [-0.4, -0.2) is 79.5 Å². The van der Waals surface area contributed by atoms with E-state index in [1.54, 1.807) is 12.1 Å². The van der Waals surface area contributed by atoms with Crippen molar-refractivity contribution in [2.45, 2.75) is 12.8 Å². The van der Waals surface area contributed by atoms with Crippen LogP contribution in [-0.2, 0) is 19.1 Å². The predicted octanol–water partition coefficient (Wildman–Crippen LogP) is 2.84. The molecule has 0 N–H and O–H groups in total. The van der Waals surface area contributed by atoms with Gasteiger partial charge in [-0.15, -0.1) is 0 Å². The Balaban J connectivity index is 1.80. The molecule has 1 amide bonds. The zero-order valence-electron chi connectivity index (χ0n) is 19.0. The molecular formula is C22H23Br2N3O8. The minimum Gasteiger partial charge on any atom is -0.491 e. The first-order valence-electron chi connectivity index (χ1n) is 10.3. The molecule has 2 rings (SSSR count). The van der Waals surface area contributed by atoms with E-state index >= 15 is 0 Å². The molecule has 2 heterocycles. The van der Waals surface area contributed by atoms with Gasteiger partial charge in [-0.1, -0.05) is 0 Å². The summed E-state index contributed by atoms with van der Waals surface area (Å²) in [5, 5.41) is 0. The highest BCUT2D eigenvalue weighted by Crippen LogP contribution is 2.24. The maximum absolute atomic E-state index is 12.0. The Hall–Kier alpha value is -3.06. The third-order valence-corrected chi connectivity index (χ3v) is 5.63. The standard InChI is InChI=1S/C22H23Br2N3O8/c1-32-21(30)14-5-7-16(19(23)25-14)34-11-3-9-27(18(29)13-28)10-4-12-35-17-8-6-15(22(31)33-2)26-20(17)24/h5-8,13H,3-4,9-12H2,1-2H3. The molecule has 0 spiro atoms. The average molecular weight is 617 g/mol. The summed E-state index contributed by atoms with van der Waals surface area (Å²) < 4.78 is 21.2. The normalized spacial score (nSPS) is 10.3. The number of rotatable bonds is 13. The number of carbonyl (C=O) groups is 4. The summed E-state index contributed by atoms with van der Waals surface area (Å²) in [6.45, 7) is 1.09. The van der Waals surface area contributed by atoms with Crippen molar-refractivity contribution in [3.8, 4) is 11.5 Å². The number of aromatic nitrogens is 2. The Morgan fingerprint density at radius 2 is 1.26 bits per heavy atom. The van der Waals surface area contributed by atoms with E-state index in [0.29, 0.717) is 46.6 Å². The van der Waals surface area contributed by atoms with Crippen LogP contribution in [0.2, 0.25) is 0 Å². The van der Waals surface area contributed by atoms with Crippen LogP contribution in [0.1, 0.15) is 33.8 Å². The van der Waals surface area contributed by atoms with Crippen LogP contribution in [0.3, 0.4) is 0 Å². The van der Waals surface area contributed by atoms with Gasteiger partial charge >= 0.3 is 11.9 Å². The molecule has 188 valence electrons. The van der Waals surface area contributed by atoms with Crippen molar-refractivity contribution in [2.24, 2.45) is 0 Å². The monoisotopic (exact) mass is 615 g/mol. The van der Waals surface area contributed by atoms with E-state index in [0.717, 1.165) is 0 Å². The molecule has 0 aliphatic carbocycles. The van der Waals surface area contributed by atoms with Gasteiger partial charge in [-0.25, -0.2) is 19.6 Å². The summed E-state index contributed by atoms with van der Waals surface area (Å²) in [7, 11) is 2.53. The van der Waals surface area contributed by atoms with Crippen LogP contribution >= 0.6 is 31.9 Å². The van der Waals surface area contributed by atoms with Gasteiger partial charge < -0.3 is 23.8 Å². The summed E-state index contributed by atoms with van der Waals surface area (Å²) in [6.07, 6.45) is 1.17. The molecule has 0 unspecified atom stereocenters. The molecule has 0 aliphatic heterocycles. The minimum absolute atomic E-state index is 0.138. The molecule has 0 bridgehead atoms. The lowest BCUT2D eigenvalue weighted by Gasteiger charge is -2.20. The fourth-order valence-electron chi connectivity index (χ4n) is 2.78.